The quantitative estimate of drug-likeness (QED) is 0.699. The number of nitrogens with zero attached hydrogens (tertiary/aromatic N) is 3. The topological polar surface area (TPSA) is 59.3 Å². The molecule has 0 aliphatic rings. The SMILES string of the molecule is CC(=O)N/N=C\c1ccc(-c2cc(C(F)(F)F)n(C)n2)s1. The molecule has 112 valence electrons. The van der Waals surface area contributed by atoms with Crippen molar-refractivity contribution < 1.29 is 18.0 Å². The molecular formula is C12H11F3N4OS. The van der Waals surface area contributed by atoms with E-state index >= 15 is 0 Å². The predicted octanol–water partition coefficient (Wildman–Crippen LogP) is 2.64. The number of alkyl halides is 3. The summed E-state index contributed by atoms with van der Waals surface area (Å²) in [6.07, 6.45) is -3.02. The molecule has 21 heavy (non-hydrogen) atoms. The molecule has 0 aliphatic carbocycles. The summed E-state index contributed by atoms with van der Waals surface area (Å²) in [4.78, 5) is 11.9. The molecule has 0 saturated heterocycles. The number of aromatic nitrogens is 2. The fourth-order valence-corrected chi connectivity index (χ4v) is 2.44. The highest BCUT2D eigenvalue weighted by Crippen LogP contribution is 2.33. The van der Waals surface area contributed by atoms with Crippen molar-refractivity contribution in [3.05, 3.63) is 28.8 Å². The number of rotatable bonds is 3. The molecule has 0 fully saturated rings. The van der Waals surface area contributed by atoms with Crippen LogP contribution in [0.15, 0.2) is 23.3 Å². The van der Waals surface area contributed by atoms with Crippen LogP contribution < -0.4 is 5.43 Å². The third-order valence-electron chi connectivity index (χ3n) is 2.46. The summed E-state index contributed by atoms with van der Waals surface area (Å²) >= 11 is 1.23. The maximum Gasteiger partial charge on any atom is 0.433 e. The largest absolute Gasteiger partial charge is 0.433 e. The minimum Gasteiger partial charge on any atom is -0.274 e. The number of nitrogens with one attached hydrogen (secondary N) is 1. The molecule has 2 aromatic heterocycles. The Morgan fingerprint density at radius 2 is 2.19 bits per heavy atom. The molecule has 1 N–H and O–H groups in total. The number of halogens is 3. The van der Waals surface area contributed by atoms with Gasteiger partial charge < -0.3 is 0 Å². The second kappa shape index (κ2) is 5.68. The van der Waals surface area contributed by atoms with E-state index in [9.17, 15) is 18.0 Å². The molecule has 0 saturated carbocycles. The van der Waals surface area contributed by atoms with Crippen LogP contribution in [0.3, 0.4) is 0 Å². The molecular weight excluding hydrogens is 305 g/mol. The van der Waals surface area contributed by atoms with Crippen molar-refractivity contribution in [2.24, 2.45) is 12.1 Å². The van der Waals surface area contributed by atoms with E-state index in [4.69, 9.17) is 0 Å². The number of hydrogen-bond donors (Lipinski definition) is 1. The highest BCUT2D eigenvalue weighted by molar-refractivity contribution is 7.17. The van der Waals surface area contributed by atoms with Gasteiger partial charge in [-0.15, -0.1) is 11.3 Å². The molecule has 0 radical (unpaired) electrons. The molecule has 0 atom stereocenters. The average Bonchev–Trinajstić information content (AvgIpc) is 2.94. The van der Waals surface area contributed by atoms with Crippen molar-refractivity contribution in [3.8, 4) is 10.6 Å². The van der Waals surface area contributed by atoms with Gasteiger partial charge in [0.15, 0.2) is 0 Å². The molecule has 9 heteroatoms. The van der Waals surface area contributed by atoms with E-state index in [-0.39, 0.29) is 11.6 Å². The lowest BCUT2D eigenvalue weighted by atomic mass is 10.3. The normalized spacial score (nSPS) is 12.0. The van der Waals surface area contributed by atoms with Gasteiger partial charge in [-0.3, -0.25) is 9.48 Å². The Kier molecular flexibility index (Phi) is 4.12. The Morgan fingerprint density at radius 1 is 1.48 bits per heavy atom. The van der Waals surface area contributed by atoms with Crippen LogP contribution in [0.5, 0.6) is 0 Å². The molecule has 2 rings (SSSR count). The molecule has 0 bridgehead atoms. The Balaban J connectivity index is 2.22. The zero-order valence-electron chi connectivity index (χ0n) is 11.1. The smallest absolute Gasteiger partial charge is 0.274 e. The third-order valence-corrected chi connectivity index (χ3v) is 3.51. The number of amides is 1. The lowest BCUT2D eigenvalue weighted by Gasteiger charge is -2.04. The highest BCUT2D eigenvalue weighted by atomic mass is 32.1. The molecule has 5 nitrogen and oxygen atoms in total. The van der Waals surface area contributed by atoms with Gasteiger partial charge in [-0.25, -0.2) is 5.43 Å². The van der Waals surface area contributed by atoms with Gasteiger partial charge in [-0.2, -0.15) is 23.4 Å². The second-order valence-corrected chi connectivity index (χ2v) is 5.28. The first-order valence-electron chi connectivity index (χ1n) is 5.78. The Labute approximate surface area is 122 Å². The third kappa shape index (κ3) is 3.69. The minimum absolute atomic E-state index is 0.244. The number of carbonyl (C=O) groups is 1. The zero-order valence-corrected chi connectivity index (χ0v) is 11.9. The Hall–Kier alpha value is -2.16. The van der Waals surface area contributed by atoms with Crippen molar-refractivity contribution in [2.45, 2.75) is 13.1 Å². The van der Waals surface area contributed by atoms with Crippen LogP contribution in [0.2, 0.25) is 0 Å². The van der Waals surface area contributed by atoms with Gasteiger partial charge in [0.05, 0.1) is 11.1 Å². The summed E-state index contributed by atoms with van der Waals surface area (Å²) in [5, 5.41) is 7.55. The Bertz CT molecular complexity index is 687. The van der Waals surface area contributed by atoms with Crippen molar-refractivity contribution in [1.82, 2.24) is 15.2 Å². The maximum absolute atomic E-state index is 12.7. The van der Waals surface area contributed by atoms with Crippen LogP contribution in [0.25, 0.3) is 10.6 Å². The van der Waals surface area contributed by atoms with E-state index < -0.39 is 11.9 Å². The molecule has 1 amide bonds. The van der Waals surface area contributed by atoms with Crippen LogP contribution >= 0.6 is 11.3 Å². The fraction of sp³-hybridized carbons (Fsp3) is 0.250. The summed E-state index contributed by atoms with van der Waals surface area (Å²) in [7, 11) is 1.25. The Morgan fingerprint density at radius 3 is 2.76 bits per heavy atom. The fourth-order valence-electron chi connectivity index (χ4n) is 1.60. The number of hydrazone groups is 1. The molecule has 2 heterocycles. The van der Waals surface area contributed by atoms with E-state index in [0.717, 1.165) is 10.7 Å². The number of carbonyl (C=O) groups excluding carboxylic acids is 1. The lowest BCUT2D eigenvalue weighted by molar-refractivity contribution is -0.143. The highest BCUT2D eigenvalue weighted by Gasteiger charge is 2.35. The minimum atomic E-state index is -4.44. The van der Waals surface area contributed by atoms with Crippen molar-refractivity contribution >= 4 is 23.5 Å². The van der Waals surface area contributed by atoms with Gasteiger partial charge in [0.2, 0.25) is 5.91 Å². The van der Waals surface area contributed by atoms with Crippen molar-refractivity contribution in [3.63, 3.8) is 0 Å². The monoisotopic (exact) mass is 316 g/mol. The summed E-state index contributed by atoms with van der Waals surface area (Å²) in [5.74, 6) is -0.303. The van der Waals surface area contributed by atoms with E-state index in [0.29, 0.717) is 9.75 Å². The van der Waals surface area contributed by atoms with Gasteiger partial charge in [0.1, 0.15) is 11.4 Å². The second-order valence-electron chi connectivity index (χ2n) is 4.16. The van der Waals surface area contributed by atoms with Crippen LogP contribution in [-0.2, 0) is 18.0 Å². The molecule has 0 aliphatic heterocycles. The standard InChI is InChI=1S/C12H11F3N4OS/c1-7(20)17-16-6-8-3-4-10(21-8)9-5-11(12(13,14)15)19(2)18-9/h3-6H,1-2H3,(H,17,20)/b16-6-. The maximum atomic E-state index is 12.7. The number of aryl methyl sites for hydroxylation is 1. The van der Waals surface area contributed by atoms with Crippen molar-refractivity contribution in [1.29, 1.82) is 0 Å². The molecule has 2 aromatic rings. The molecule has 0 aromatic carbocycles. The van der Waals surface area contributed by atoms with Crippen LogP contribution in [0.1, 0.15) is 17.5 Å². The average molecular weight is 316 g/mol. The van der Waals surface area contributed by atoms with Gasteiger partial charge >= 0.3 is 6.18 Å². The molecule has 0 unspecified atom stereocenters. The number of thiophene rings is 1. The summed E-state index contributed by atoms with van der Waals surface area (Å²) in [6, 6.07) is 4.34. The van der Waals surface area contributed by atoms with Gasteiger partial charge in [0.25, 0.3) is 0 Å². The van der Waals surface area contributed by atoms with Gasteiger partial charge in [0, 0.05) is 18.8 Å². The van der Waals surface area contributed by atoms with Crippen LogP contribution in [-0.4, -0.2) is 21.9 Å². The first kappa shape index (κ1) is 15.2. The first-order chi connectivity index (χ1) is 9.77. The van der Waals surface area contributed by atoms with Crippen LogP contribution in [0, 0.1) is 0 Å². The predicted molar refractivity (Wildman–Crippen MR) is 72.9 cm³/mol. The summed E-state index contributed by atoms with van der Waals surface area (Å²) in [6.45, 7) is 1.32. The van der Waals surface area contributed by atoms with Gasteiger partial charge in [-0.1, -0.05) is 0 Å². The van der Waals surface area contributed by atoms with E-state index in [1.54, 1.807) is 12.1 Å². The lowest BCUT2D eigenvalue weighted by Crippen LogP contribution is -2.11. The number of hydrogen-bond acceptors (Lipinski definition) is 4. The van der Waals surface area contributed by atoms with Gasteiger partial charge in [-0.05, 0) is 18.2 Å². The first-order valence-corrected chi connectivity index (χ1v) is 6.60. The summed E-state index contributed by atoms with van der Waals surface area (Å²) < 4.78 is 38.9. The van der Waals surface area contributed by atoms with E-state index in [1.165, 1.54) is 31.5 Å². The van der Waals surface area contributed by atoms with E-state index in [2.05, 4.69) is 15.6 Å². The van der Waals surface area contributed by atoms with Crippen molar-refractivity contribution in [2.75, 3.05) is 0 Å². The zero-order chi connectivity index (χ0) is 15.6. The molecule has 0 spiro atoms. The van der Waals surface area contributed by atoms with Crippen LogP contribution in [0.4, 0.5) is 13.2 Å². The van der Waals surface area contributed by atoms with E-state index in [1.807, 2.05) is 0 Å². The summed E-state index contributed by atoms with van der Waals surface area (Å²) in [5.41, 5.74) is 1.68.